The Morgan fingerprint density at radius 2 is 1.89 bits per heavy atom. The molecule has 0 saturated carbocycles. The van der Waals surface area contributed by atoms with Crippen molar-refractivity contribution in [2.75, 3.05) is 0 Å². The van der Waals surface area contributed by atoms with Crippen LogP contribution in [0.15, 0.2) is 36.4 Å². The summed E-state index contributed by atoms with van der Waals surface area (Å²) in [5, 5.41) is 3.22. The van der Waals surface area contributed by atoms with E-state index in [0.717, 1.165) is 11.1 Å². The van der Waals surface area contributed by atoms with E-state index in [-0.39, 0.29) is 16.2 Å². The van der Waals surface area contributed by atoms with Gasteiger partial charge in [0.15, 0.2) is 0 Å². The standard InChI is InChI=1S/C14H12Cl2N2O/c1-9-3-2-4-10(5-9)8-17-14(19)11-6-12(15)18-13(16)7-11/h2-7H,8H2,1H3,(H,17,19). The lowest BCUT2D eigenvalue weighted by molar-refractivity contribution is 0.0951. The topological polar surface area (TPSA) is 42.0 Å². The van der Waals surface area contributed by atoms with Gasteiger partial charge in [-0.05, 0) is 24.6 Å². The highest BCUT2D eigenvalue weighted by Gasteiger charge is 2.08. The fourth-order valence-corrected chi connectivity index (χ4v) is 2.16. The van der Waals surface area contributed by atoms with Gasteiger partial charge in [-0.1, -0.05) is 53.0 Å². The third-order valence-corrected chi connectivity index (χ3v) is 2.95. The third-order valence-electron chi connectivity index (χ3n) is 2.56. The molecule has 1 amide bonds. The number of carbonyl (C=O) groups is 1. The molecule has 2 aromatic rings. The van der Waals surface area contributed by atoms with Crippen molar-refractivity contribution in [3.8, 4) is 0 Å². The molecular weight excluding hydrogens is 283 g/mol. The van der Waals surface area contributed by atoms with Crippen LogP contribution in [0.2, 0.25) is 10.3 Å². The number of nitrogens with one attached hydrogen (secondary N) is 1. The zero-order valence-corrected chi connectivity index (χ0v) is 11.8. The Bertz CT molecular complexity index is 594. The van der Waals surface area contributed by atoms with E-state index >= 15 is 0 Å². The molecule has 98 valence electrons. The van der Waals surface area contributed by atoms with Crippen LogP contribution >= 0.6 is 23.2 Å². The molecule has 0 bridgehead atoms. The molecule has 5 heteroatoms. The molecule has 2 rings (SSSR count). The van der Waals surface area contributed by atoms with Crippen LogP contribution in [0.5, 0.6) is 0 Å². The van der Waals surface area contributed by atoms with Crippen LogP contribution in [0.1, 0.15) is 21.5 Å². The van der Waals surface area contributed by atoms with Gasteiger partial charge in [-0.3, -0.25) is 4.79 Å². The molecule has 0 radical (unpaired) electrons. The maximum Gasteiger partial charge on any atom is 0.251 e. The number of aryl methyl sites for hydroxylation is 1. The average Bonchev–Trinajstić information content (AvgIpc) is 2.35. The second kappa shape index (κ2) is 6.04. The predicted molar refractivity (Wildman–Crippen MR) is 76.6 cm³/mol. The summed E-state index contributed by atoms with van der Waals surface area (Å²) in [6.07, 6.45) is 0. The predicted octanol–water partition coefficient (Wildman–Crippen LogP) is 3.63. The Morgan fingerprint density at radius 1 is 1.21 bits per heavy atom. The van der Waals surface area contributed by atoms with Crippen molar-refractivity contribution < 1.29 is 4.79 Å². The highest BCUT2D eigenvalue weighted by molar-refractivity contribution is 6.33. The van der Waals surface area contributed by atoms with E-state index in [1.165, 1.54) is 12.1 Å². The van der Waals surface area contributed by atoms with Gasteiger partial charge in [0.05, 0.1) is 0 Å². The molecular formula is C14H12Cl2N2O. The van der Waals surface area contributed by atoms with Crippen molar-refractivity contribution in [2.45, 2.75) is 13.5 Å². The number of benzene rings is 1. The molecule has 0 unspecified atom stereocenters. The number of aromatic nitrogens is 1. The molecule has 1 heterocycles. The number of amides is 1. The van der Waals surface area contributed by atoms with Crippen molar-refractivity contribution in [1.29, 1.82) is 0 Å². The minimum Gasteiger partial charge on any atom is -0.348 e. The number of hydrogen-bond donors (Lipinski definition) is 1. The second-order valence-corrected chi connectivity index (χ2v) is 4.95. The summed E-state index contributed by atoms with van der Waals surface area (Å²) in [5.74, 6) is -0.229. The number of pyridine rings is 1. The van der Waals surface area contributed by atoms with Crippen molar-refractivity contribution >= 4 is 29.1 Å². The first-order valence-corrected chi connectivity index (χ1v) is 6.47. The van der Waals surface area contributed by atoms with Crippen molar-refractivity contribution in [3.05, 3.63) is 63.4 Å². The van der Waals surface area contributed by atoms with Crippen LogP contribution < -0.4 is 5.32 Å². The lowest BCUT2D eigenvalue weighted by Crippen LogP contribution is -2.22. The first kappa shape index (κ1) is 13.8. The van der Waals surface area contributed by atoms with Gasteiger partial charge in [-0.2, -0.15) is 0 Å². The van der Waals surface area contributed by atoms with Gasteiger partial charge in [0.25, 0.3) is 5.91 Å². The fourth-order valence-electron chi connectivity index (χ4n) is 1.70. The smallest absolute Gasteiger partial charge is 0.251 e. The SMILES string of the molecule is Cc1cccc(CNC(=O)c2cc(Cl)nc(Cl)c2)c1. The molecule has 0 spiro atoms. The highest BCUT2D eigenvalue weighted by Crippen LogP contribution is 2.14. The summed E-state index contributed by atoms with van der Waals surface area (Å²) in [7, 11) is 0. The summed E-state index contributed by atoms with van der Waals surface area (Å²) < 4.78 is 0. The van der Waals surface area contributed by atoms with E-state index in [9.17, 15) is 4.79 Å². The number of carbonyl (C=O) groups excluding carboxylic acids is 1. The van der Waals surface area contributed by atoms with E-state index in [4.69, 9.17) is 23.2 Å². The Labute approximate surface area is 121 Å². The number of halogens is 2. The molecule has 3 nitrogen and oxygen atoms in total. The van der Waals surface area contributed by atoms with Crippen LogP contribution in [0.4, 0.5) is 0 Å². The maximum atomic E-state index is 12.0. The van der Waals surface area contributed by atoms with Crippen LogP contribution in [0.3, 0.4) is 0 Å². The molecule has 1 aromatic heterocycles. The van der Waals surface area contributed by atoms with E-state index in [1.807, 2.05) is 31.2 Å². The number of hydrogen-bond acceptors (Lipinski definition) is 2. The zero-order chi connectivity index (χ0) is 13.8. The summed E-state index contributed by atoms with van der Waals surface area (Å²) >= 11 is 11.5. The summed E-state index contributed by atoms with van der Waals surface area (Å²) in [4.78, 5) is 15.7. The molecule has 19 heavy (non-hydrogen) atoms. The van der Waals surface area contributed by atoms with Crippen molar-refractivity contribution in [2.24, 2.45) is 0 Å². The Morgan fingerprint density at radius 3 is 2.53 bits per heavy atom. The summed E-state index contributed by atoms with van der Waals surface area (Å²) in [6.45, 7) is 2.46. The zero-order valence-electron chi connectivity index (χ0n) is 10.3. The Hall–Kier alpha value is -1.58. The number of nitrogens with zero attached hydrogens (tertiary/aromatic N) is 1. The van der Waals surface area contributed by atoms with E-state index < -0.39 is 0 Å². The van der Waals surface area contributed by atoms with Gasteiger partial charge in [0.2, 0.25) is 0 Å². The molecule has 0 fully saturated rings. The van der Waals surface area contributed by atoms with Gasteiger partial charge < -0.3 is 5.32 Å². The van der Waals surface area contributed by atoms with Gasteiger partial charge in [0.1, 0.15) is 10.3 Å². The molecule has 0 aliphatic rings. The Balaban J connectivity index is 2.05. The van der Waals surface area contributed by atoms with E-state index in [2.05, 4.69) is 10.3 Å². The Kier molecular flexibility index (Phi) is 4.40. The molecule has 0 saturated heterocycles. The average molecular weight is 295 g/mol. The van der Waals surface area contributed by atoms with Crippen molar-refractivity contribution in [3.63, 3.8) is 0 Å². The number of rotatable bonds is 3. The van der Waals surface area contributed by atoms with Gasteiger partial charge in [-0.15, -0.1) is 0 Å². The van der Waals surface area contributed by atoms with Gasteiger partial charge in [-0.25, -0.2) is 4.98 Å². The minimum absolute atomic E-state index is 0.202. The summed E-state index contributed by atoms with van der Waals surface area (Å²) in [5.41, 5.74) is 2.60. The maximum absolute atomic E-state index is 12.0. The molecule has 1 aromatic carbocycles. The van der Waals surface area contributed by atoms with Crippen LogP contribution in [-0.4, -0.2) is 10.9 Å². The first-order chi connectivity index (χ1) is 9.04. The van der Waals surface area contributed by atoms with Crippen LogP contribution in [0.25, 0.3) is 0 Å². The second-order valence-electron chi connectivity index (χ2n) is 4.17. The highest BCUT2D eigenvalue weighted by atomic mass is 35.5. The monoisotopic (exact) mass is 294 g/mol. The largest absolute Gasteiger partial charge is 0.348 e. The van der Waals surface area contributed by atoms with Crippen LogP contribution in [0, 0.1) is 6.92 Å². The van der Waals surface area contributed by atoms with Gasteiger partial charge in [0, 0.05) is 12.1 Å². The minimum atomic E-state index is -0.229. The third kappa shape index (κ3) is 3.94. The van der Waals surface area contributed by atoms with Crippen LogP contribution in [-0.2, 0) is 6.54 Å². The molecule has 1 N–H and O–H groups in total. The lowest BCUT2D eigenvalue weighted by atomic mass is 10.1. The molecule has 0 aliphatic heterocycles. The lowest BCUT2D eigenvalue weighted by Gasteiger charge is -2.06. The molecule has 0 atom stereocenters. The fraction of sp³-hybridized carbons (Fsp3) is 0.143. The van der Waals surface area contributed by atoms with Gasteiger partial charge >= 0.3 is 0 Å². The first-order valence-electron chi connectivity index (χ1n) is 5.71. The molecule has 0 aliphatic carbocycles. The quantitative estimate of drug-likeness (QED) is 0.879. The van der Waals surface area contributed by atoms with E-state index in [1.54, 1.807) is 0 Å². The van der Waals surface area contributed by atoms with E-state index in [0.29, 0.717) is 12.1 Å². The normalized spacial score (nSPS) is 10.3. The summed E-state index contributed by atoms with van der Waals surface area (Å²) in [6, 6.07) is 10.9. The van der Waals surface area contributed by atoms with Crippen molar-refractivity contribution in [1.82, 2.24) is 10.3 Å².